The Morgan fingerprint density at radius 3 is 2.24 bits per heavy atom. The monoisotopic (exact) mass is 301 g/mol. The fourth-order valence-electron chi connectivity index (χ4n) is 1.81. The van der Waals surface area contributed by atoms with Gasteiger partial charge in [0.1, 0.15) is 0 Å². The van der Waals surface area contributed by atoms with Crippen LogP contribution in [0, 0.1) is 0 Å². The van der Waals surface area contributed by atoms with Gasteiger partial charge in [-0.25, -0.2) is 0 Å². The molecule has 0 radical (unpaired) electrons. The molecule has 6 heteroatoms. The topological polar surface area (TPSA) is 49.0 Å². The lowest BCUT2D eigenvalue weighted by Crippen LogP contribution is -2.18. The van der Waals surface area contributed by atoms with Gasteiger partial charge in [0.2, 0.25) is 5.75 Å². The minimum absolute atomic E-state index is 0.286. The predicted molar refractivity (Wildman–Crippen MR) is 79.2 cm³/mol. The molecule has 0 aliphatic heterocycles. The maximum absolute atomic E-state index is 12.2. The molecule has 21 heavy (non-hydrogen) atoms. The van der Waals surface area contributed by atoms with Gasteiger partial charge in [0, 0.05) is 26.6 Å². The zero-order valence-corrected chi connectivity index (χ0v) is 12.9. The zero-order valence-electron chi connectivity index (χ0n) is 12.9. The van der Waals surface area contributed by atoms with E-state index in [0.717, 1.165) is 12.1 Å². The van der Waals surface area contributed by atoms with Crippen LogP contribution in [0.2, 0.25) is 0 Å². The summed E-state index contributed by atoms with van der Waals surface area (Å²) in [4.78, 5) is 0. The first kappa shape index (κ1) is 17.5. The van der Waals surface area contributed by atoms with Crippen LogP contribution >= 0.6 is 0 Å². The van der Waals surface area contributed by atoms with E-state index in [2.05, 4.69) is 5.32 Å². The highest BCUT2D eigenvalue weighted by atomic mass is 19.1. The van der Waals surface area contributed by atoms with Gasteiger partial charge >= 0.3 is 0 Å². The van der Waals surface area contributed by atoms with Crippen LogP contribution in [-0.2, 0) is 11.3 Å². The molecular formula is C15H24FNO4. The Bertz CT molecular complexity index is 390. The summed E-state index contributed by atoms with van der Waals surface area (Å²) in [6.07, 6.45) is 0.340. The van der Waals surface area contributed by atoms with Crippen molar-refractivity contribution < 1.29 is 23.3 Å². The van der Waals surface area contributed by atoms with Crippen LogP contribution in [0.15, 0.2) is 12.1 Å². The largest absolute Gasteiger partial charge is 0.493 e. The number of halogens is 1. The highest BCUT2D eigenvalue weighted by molar-refractivity contribution is 5.53. The summed E-state index contributed by atoms with van der Waals surface area (Å²) in [5.74, 6) is 1.67. The Morgan fingerprint density at radius 2 is 1.71 bits per heavy atom. The van der Waals surface area contributed by atoms with E-state index in [1.54, 1.807) is 21.3 Å². The molecule has 1 aromatic carbocycles. The van der Waals surface area contributed by atoms with Crippen LogP contribution in [-0.4, -0.2) is 47.8 Å². The van der Waals surface area contributed by atoms with Gasteiger partial charge in [0.15, 0.2) is 11.5 Å². The van der Waals surface area contributed by atoms with Gasteiger partial charge in [-0.1, -0.05) is 0 Å². The van der Waals surface area contributed by atoms with Gasteiger partial charge in [-0.2, -0.15) is 0 Å². The maximum Gasteiger partial charge on any atom is 0.203 e. The molecule has 0 amide bonds. The van der Waals surface area contributed by atoms with Crippen molar-refractivity contribution in [2.45, 2.75) is 13.0 Å². The number of methoxy groups -OCH3 is 3. The van der Waals surface area contributed by atoms with Crippen molar-refractivity contribution in [1.82, 2.24) is 5.32 Å². The van der Waals surface area contributed by atoms with Crippen molar-refractivity contribution in [3.63, 3.8) is 0 Å². The summed E-state index contributed by atoms with van der Waals surface area (Å²) in [5.41, 5.74) is 1.01. The number of hydrogen-bond acceptors (Lipinski definition) is 5. The fourth-order valence-corrected chi connectivity index (χ4v) is 1.81. The number of ether oxygens (including phenoxy) is 4. The molecule has 1 rings (SSSR count). The number of rotatable bonds is 11. The van der Waals surface area contributed by atoms with Crippen LogP contribution in [0.3, 0.4) is 0 Å². The summed E-state index contributed by atoms with van der Waals surface area (Å²) >= 11 is 0. The van der Waals surface area contributed by atoms with E-state index >= 15 is 0 Å². The van der Waals surface area contributed by atoms with Crippen molar-refractivity contribution in [3.8, 4) is 17.2 Å². The van der Waals surface area contributed by atoms with Gasteiger partial charge in [-0.3, -0.25) is 4.39 Å². The summed E-state index contributed by atoms with van der Waals surface area (Å²) in [6, 6.07) is 3.76. The molecule has 0 heterocycles. The van der Waals surface area contributed by atoms with E-state index in [9.17, 15) is 4.39 Å². The Morgan fingerprint density at radius 1 is 1.05 bits per heavy atom. The molecule has 120 valence electrons. The molecule has 0 atom stereocenters. The molecular weight excluding hydrogens is 277 g/mol. The molecule has 0 aromatic heterocycles. The van der Waals surface area contributed by atoms with Crippen LogP contribution < -0.4 is 19.5 Å². The smallest absolute Gasteiger partial charge is 0.203 e. The molecule has 0 fully saturated rings. The third kappa shape index (κ3) is 5.77. The Kier molecular flexibility index (Phi) is 8.54. The second-order valence-corrected chi connectivity index (χ2v) is 4.39. The number of alkyl halides is 1. The highest BCUT2D eigenvalue weighted by Gasteiger charge is 2.14. The summed E-state index contributed by atoms with van der Waals surface area (Å²) in [6.45, 7) is 1.95. The number of benzene rings is 1. The van der Waals surface area contributed by atoms with E-state index in [1.807, 2.05) is 12.1 Å². The molecule has 0 spiro atoms. The third-order valence-corrected chi connectivity index (χ3v) is 2.86. The first-order chi connectivity index (χ1) is 10.3. The molecule has 0 saturated carbocycles. The zero-order chi connectivity index (χ0) is 15.5. The number of nitrogens with one attached hydrogen (secondary N) is 1. The van der Waals surface area contributed by atoms with Gasteiger partial charge in [0.05, 0.1) is 34.1 Å². The summed E-state index contributed by atoms with van der Waals surface area (Å²) < 4.78 is 33.4. The summed E-state index contributed by atoms with van der Waals surface area (Å²) in [5, 5.41) is 3.25. The molecule has 1 aromatic rings. The van der Waals surface area contributed by atoms with E-state index in [-0.39, 0.29) is 6.61 Å². The Labute approximate surface area is 125 Å². The highest BCUT2D eigenvalue weighted by Crippen LogP contribution is 2.38. The number of hydrogen-bond donors (Lipinski definition) is 1. The molecule has 0 aliphatic rings. The van der Waals surface area contributed by atoms with E-state index in [1.165, 1.54) is 0 Å². The van der Waals surface area contributed by atoms with Gasteiger partial charge in [0.25, 0.3) is 0 Å². The van der Waals surface area contributed by atoms with Crippen LogP contribution in [0.1, 0.15) is 12.0 Å². The Hall–Kier alpha value is -1.53. The quantitative estimate of drug-likeness (QED) is 0.635. The average molecular weight is 301 g/mol. The van der Waals surface area contributed by atoms with Crippen LogP contribution in [0.25, 0.3) is 0 Å². The third-order valence-electron chi connectivity index (χ3n) is 2.86. The SMILES string of the molecule is COCCNCc1cc(OC)c(OCCCF)c(OC)c1. The lowest BCUT2D eigenvalue weighted by Gasteiger charge is -2.16. The van der Waals surface area contributed by atoms with Crippen molar-refractivity contribution in [1.29, 1.82) is 0 Å². The molecule has 0 saturated heterocycles. The second kappa shape index (κ2) is 10.2. The van der Waals surface area contributed by atoms with Crippen molar-refractivity contribution in [2.24, 2.45) is 0 Å². The fraction of sp³-hybridized carbons (Fsp3) is 0.600. The second-order valence-electron chi connectivity index (χ2n) is 4.39. The van der Waals surface area contributed by atoms with Gasteiger partial charge < -0.3 is 24.3 Å². The Balaban J connectivity index is 2.79. The van der Waals surface area contributed by atoms with Crippen LogP contribution in [0.5, 0.6) is 17.2 Å². The van der Waals surface area contributed by atoms with Crippen molar-refractivity contribution in [3.05, 3.63) is 17.7 Å². The standard InChI is InChI=1S/C15H24FNO4/c1-18-8-6-17-11-12-9-13(19-2)15(14(10-12)20-3)21-7-4-5-16/h9-10,17H,4-8,11H2,1-3H3. The van der Waals surface area contributed by atoms with Gasteiger partial charge in [-0.15, -0.1) is 0 Å². The minimum atomic E-state index is -0.411. The first-order valence-corrected chi connectivity index (χ1v) is 6.90. The molecule has 1 N–H and O–H groups in total. The normalized spacial score (nSPS) is 10.5. The maximum atomic E-state index is 12.2. The molecule has 0 unspecified atom stereocenters. The van der Waals surface area contributed by atoms with Gasteiger partial charge in [-0.05, 0) is 17.7 Å². The van der Waals surface area contributed by atoms with E-state index < -0.39 is 6.67 Å². The molecule has 0 bridgehead atoms. The lowest BCUT2D eigenvalue weighted by atomic mass is 10.1. The van der Waals surface area contributed by atoms with Crippen molar-refractivity contribution >= 4 is 0 Å². The minimum Gasteiger partial charge on any atom is -0.493 e. The van der Waals surface area contributed by atoms with E-state index in [0.29, 0.717) is 36.8 Å². The van der Waals surface area contributed by atoms with E-state index in [4.69, 9.17) is 18.9 Å². The molecule has 5 nitrogen and oxygen atoms in total. The average Bonchev–Trinajstić information content (AvgIpc) is 2.52. The van der Waals surface area contributed by atoms with Crippen LogP contribution in [0.4, 0.5) is 4.39 Å². The predicted octanol–water partition coefficient (Wildman–Crippen LogP) is 2.18. The lowest BCUT2D eigenvalue weighted by molar-refractivity contribution is 0.199. The molecule has 0 aliphatic carbocycles. The first-order valence-electron chi connectivity index (χ1n) is 6.90. The summed E-state index contributed by atoms with van der Waals surface area (Å²) in [7, 11) is 4.80. The van der Waals surface area contributed by atoms with Crippen molar-refractivity contribution in [2.75, 3.05) is 47.8 Å².